The SMILES string of the molecule is O=C1C=C(CCl)NC2C=CC(Br)=CN12. The van der Waals surface area contributed by atoms with Crippen molar-refractivity contribution in [3.8, 4) is 0 Å². The molecule has 0 aliphatic carbocycles. The molecule has 0 aromatic rings. The lowest BCUT2D eigenvalue weighted by atomic mass is 10.2. The number of hydrogen-bond acceptors (Lipinski definition) is 2. The Bertz CT molecular complexity index is 362. The summed E-state index contributed by atoms with van der Waals surface area (Å²) in [4.78, 5) is 13.2. The second-order valence-corrected chi connectivity index (χ2v) is 4.19. The van der Waals surface area contributed by atoms with Crippen LogP contribution in [0.3, 0.4) is 0 Å². The van der Waals surface area contributed by atoms with Gasteiger partial charge in [0.05, 0.1) is 5.88 Å². The quantitative estimate of drug-likeness (QED) is 0.739. The first-order valence-corrected chi connectivity index (χ1v) is 5.44. The van der Waals surface area contributed by atoms with Crippen molar-refractivity contribution in [3.05, 3.63) is 34.6 Å². The van der Waals surface area contributed by atoms with Crippen LogP contribution in [0.5, 0.6) is 0 Å². The van der Waals surface area contributed by atoms with E-state index >= 15 is 0 Å². The minimum Gasteiger partial charge on any atom is -0.364 e. The van der Waals surface area contributed by atoms with Crippen LogP contribution in [0, 0.1) is 0 Å². The molecule has 0 aromatic carbocycles. The molecule has 0 saturated carbocycles. The molecule has 0 bridgehead atoms. The number of alkyl halides is 1. The summed E-state index contributed by atoms with van der Waals surface area (Å²) in [6.45, 7) is 0. The van der Waals surface area contributed by atoms with Crippen molar-refractivity contribution < 1.29 is 4.79 Å². The van der Waals surface area contributed by atoms with Crippen LogP contribution in [0.15, 0.2) is 34.6 Å². The summed E-state index contributed by atoms with van der Waals surface area (Å²) in [6, 6.07) is 0. The first-order chi connectivity index (χ1) is 6.70. The van der Waals surface area contributed by atoms with Gasteiger partial charge in [-0.3, -0.25) is 9.69 Å². The van der Waals surface area contributed by atoms with Gasteiger partial charge in [0.1, 0.15) is 6.17 Å². The van der Waals surface area contributed by atoms with Gasteiger partial charge in [-0.25, -0.2) is 0 Å². The maximum absolute atomic E-state index is 11.6. The maximum atomic E-state index is 11.6. The van der Waals surface area contributed by atoms with Gasteiger partial charge in [-0.2, -0.15) is 0 Å². The lowest BCUT2D eigenvalue weighted by Gasteiger charge is -2.33. The Hall–Kier alpha value is -0.740. The average molecular weight is 276 g/mol. The number of amides is 1. The third-order valence-corrected chi connectivity index (χ3v) is 2.79. The molecule has 0 spiro atoms. The summed E-state index contributed by atoms with van der Waals surface area (Å²) >= 11 is 8.97. The van der Waals surface area contributed by atoms with E-state index in [9.17, 15) is 4.79 Å². The Morgan fingerprint density at radius 2 is 2.43 bits per heavy atom. The molecule has 2 heterocycles. The summed E-state index contributed by atoms with van der Waals surface area (Å²) in [5, 5.41) is 3.14. The number of nitrogens with one attached hydrogen (secondary N) is 1. The van der Waals surface area contributed by atoms with Crippen molar-refractivity contribution in [1.29, 1.82) is 0 Å². The van der Waals surface area contributed by atoms with Gasteiger partial charge < -0.3 is 5.32 Å². The molecule has 1 N–H and O–H groups in total. The van der Waals surface area contributed by atoms with Gasteiger partial charge >= 0.3 is 0 Å². The zero-order valence-corrected chi connectivity index (χ0v) is 9.55. The predicted octanol–water partition coefficient (Wildman–Crippen LogP) is 1.67. The molecule has 0 radical (unpaired) electrons. The lowest BCUT2D eigenvalue weighted by Crippen LogP contribution is -2.48. The van der Waals surface area contributed by atoms with E-state index in [-0.39, 0.29) is 12.1 Å². The van der Waals surface area contributed by atoms with Crippen LogP contribution in [0.2, 0.25) is 0 Å². The van der Waals surface area contributed by atoms with E-state index in [1.807, 2.05) is 12.2 Å². The van der Waals surface area contributed by atoms with Crippen molar-refractivity contribution in [1.82, 2.24) is 10.2 Å². The molecule has 0 saturated heterocycles. The standard InChI is InChI=1S/C9H8BrClN2O/c10-6-1-2-8-12-7(4-11)3-9(14)13(8)5-6/h1-3,5,8,12H,4H2. The number of nitrogens with zero attached hydrogens (tertiary/aromatic N) is 1. The van der Waals surface area contributed by atoms with Crippen LogP contribution in [-0.4, -0.2) is 22.9 Å². The van der Waals surface area contributed by atoms with Crippen LogP contribution in [-0.2, 0) is 4.79 Å². The number of fused-ring (bicyclic) bond motifs is 1. The van der Waals surface area contributed by atoms with Crippen molar-refractivity contribution in [3.63, 3.8) is 0 Å². The fourth-order valence-corrected chi connectivity index (χ4v) is 1.91. The highest BCUT2D eigenvalue weighted by Gasteiger charge is 2.26. The lowest BCUT2D eigenvalue weighted by molar-refractivity contribution is -0.125. The molecule has 1 atom stereocenters. The minimum atomic E-state index is -0.109. The van der Waals surface area contributed by atoms with Crippen LogP contribution in [0.1, 0.15) is 0 Å². The maximum Gasteiger partial charge on any atom is 0.254 e. The molecule has 1 amide bonds. The Morgan fingerprint density at radius 3 is 3.14 bits per heavy atom. The van der Waals surface area contributed by atoms with E-state index in [1.54, 1.807) is 11.1 Å². The molecular formula is C9H8BrClN2O. The molecule has 74 valence electrons. The van der Waals surface area contributed by atoms with E-state index in [4.69, 9.17) is 11.6 Å². The smallest absolute Gasteiger partial charge is 0.254 e. The van der Waals surface area contributed by atoms with Gasteiger partial charge in [-0.05, 0) is 28.1 Å². The van der Waals surface area contributed by atoms with Gasteiger partial charge in [0.15, 0.2) is 0 Å². The number of carbonyl (C=O) groups is 1. The first-order valence-electron chi connectivity index (χ1n) is 4.11. The van der Waals surface area contributed by atoms with E-state index in [2.05, 4.69) is 21.2 Å². The molecular weight excluding hydrogens is 267 g/mol. The van der Waals surface area contributed by atoms with Gasteiger partial charge in [0.25, 0.3) is 5.91 Å². The molecule has 2 aliphatic heterocycles. The van der Waals surface area contributed by atoms with Gasteiger partial charge in [0.2, 0.25) is 0 Å². The van der Waals surface area contributed by atoms with E-state index in [1.165, 1.54) is 6.08 Å². The fourth-order valence-electron chi connectivity index (χ4n) is 1.38. The highest BCUT2D eigenvalue weighted by Crippen LogP contribution is 2.20. The van der Waals surface area contributed by atoms with Crippen molar-refractivity contribution in [2.75, 3.05) is 5.88 Å². The highest BCUT2D eigenvalue weighted by atomic mass is 79.9. The summed E-state index contributed by atoms with van der Waals surface area (Å²) < 4.78 is 0.881. The van der Waals surface area contributed by atoms with E-state index in [0.717, 1.165) is 10.2 Å². The van der Waals surface area contributed by atoms with Crippen LogP contribution >= 0.6 is 27.5 Å². The number of carbonyl (C=O) groups excluding carboxylic acids is 1. The van der Waals surface area contributed by atoms with Gasteiger partial charge in [0, 0.05) is 22.5 Å². The van der Waals surface area contributed by atoms with Crippen LogP contribution < -0.4 is 5.32 Å². The topological polar surface area (TPSA) is 32.3 Å². The fraction of sp³-hybridized carbons (Fsp3) is 0.222. The summed E-state index contributed by atoms with van der Waals surface area (Å²) in [5.41, 5.74) is 0.758. The van der Waals surface area contributed by atoms with Gasteiger partial charge in [-0.1, -0.05) is 0 Å². The third kappa shape index (κ3) is 1.72. The number of allylic oxidation sites excluding steroid dienone is 3. The highest BCUT2D eigenvalue weighted by molar-refractivity contribution is 9.11. The second kappa shape index (κ2) is 3.79. The third-order valence-electron chi connectivity index (χ3n) is 2.03. The zero-order valence-electron chi connectivity index (χ0n) is 7.21. The molecule has 2 aliphatic rings. The van der Waals surface area contributed by atoms with Crippen molar-refractivity contribution in [2.45, 2.75) is 6.17 Å². The van der Waals surface area contributed by atoms with Crippen molar-refractivity contribution >= 4 is 33.4 Å². The molecule has 5 heteroatoms. The van der Waals surface area contributed by atoms with Crippen LogP contribution in [0.4, 0.5) is 0 Å². The number of rotatable bonds is 1. The van der Waals surface area contributed by atoms with E-state index < -0.39 is 0 Å². The average Bonchev–Trinajstić information content (AvgIpc) is 2.19. The Morgan fingerprint density at radius 1 is 1.64 bits per heavy atom. The second-order valence-electron chi connectivity index (χ2n) is 3.01. The Kier molecular flexibility index (Phi) is 2.65. The van der Waals surface area contributed by atoms with E-state index in [0.29, 0.717) is 5.88 Å². The molecule has 0 aromatic heterocycles. The zero-order chi connectivity index (χ0) is 10.1. The summed E-state index contributed by atoms with van der Waals surface area (Å²) in [6.07, 6.45) is 6.96. The molecule has 3 nitrogen and oxygen atoms in total. The van der Waals surface area contributed by atoms with Crippen molar-refractivity contribution in [2.24, 2.45) is 0 Å². The van der Waals surface area contributed by atoms with Gasteiger partial charge in [-0.15, -0.1) is 11.6 Å². The first kappa shape index (κ1) is 9.80. The largest absolute Gasteiger partial charge is 0.364 e. The summed E-state index contributed by atoms with van der Waals surface area (Å²) in [5.74, 6) is 0.278. The monoisotopic (exact) mass is 274 g/mol. The Balaban J connectivity index is 2.29. The number of halogens is 2. The number of hydrogen-bond donors (Lipinski definition) is 1. The van der Waals surface area contributed by atoms with Crippen LogP contribution in [0.25, 0.3) is 0 Å². The normalized spacial score (nSPS) is 25.1. The Labute approximate surface area is 95.2 Å². The minimum absolute atomic E-state index is 0.0503. The molecule has 14 heavy (non-hydrogen) atoms. The molecule has 2 rings (SSSR count). The molecule has 1 unspecified atom stereocenters. The molecule has 0 fully saturated rings. The summed E-state index contributed by atoms with van der Waals surface area (Å²) in [7, 11) is 0. The predicted molar refractivity (Wildman–Crippen MR) is 58.7 cm³/mol.